The van der Waals surface area contributed by atoms with Gasteiger partial charge >= 0.3 is 0 Å². The van der Waals surface area contributed by atoms with E-state index in [0.29, 0.717) is 12.3 Å². The van der Waals surface area contributed by atoms with Crippen LogP contribution in [0.4, 0.5) is 0 Å². The normalized spacial score (nSPS) is 11.3. The van der Waals surface area contributed by atoms with Crippen molar-refractivity contribution in [3.8, 4) is 0 Å². The average Bonchev–Trinajstić information content (AvgIpc) is 2.14. The summed E-state index contributed by atoms with van der Waals surface area (Å²) in [6, 6.07) is 8.06. The fraction of sp³-hybridized carbons (Fsp3) is 0.538. The molecular formula is C13H20O2. The van der Waals surface area contributed by atoms with E-state index < -0.39 is 6.29 Å². The summed E-state index contributed by atoms with van der Waals surface area (Å²) >= 11 is 0. The van der Waals surface area contributed by atoms with Crippen molar-refractivity contribution in [1.82, 2.24) is 0 Å². The Labute approximate surface area is 91.6 Å². The Morgan fingerprint density at radius 1 is 1.13 bits per heavy atom. The van der Waals surface area contributed by atoms with Crippen molar-refractivity contribution < 1.29 is 10.2 Å². The van der Waals surface area contributed by atoms with Gasteiger partial charge in [-0.2, -0.15) is 0 Å². The van der Waals surface area contributed by atoms with Crippen LogP contribution in [0.25, 0.3) is 0 Å². The summed E-state index contributed by atoms with van der Waals surface area (Å²) in [5.41, 5.74) is 2.27. The molecule has 0 fully saturated rings. The first-order chi connectivity index (χ1) is 7.08. The molecule has 0 aromatic heterocycles. The van der Waals surface area contributed by atoms with Gasteiger partial charge in [-0.1, -0.05) is 38.1 Å². The van der Waals surface area contributed by atoms with Crippen LogP contribution in [0, 0.1) is 5.92 Å². The maximum Gasteiger partial charge on any atom is 0.155 e. The van der Waals surface area contributed by atoms with E-state index in [2.05, 4.69) is 26.0 Å². The van der Waals surface area contributed by atoms with Crippen LogP contribution in [0.5, 0.6) is 0 Å². The quantitative estimate of drug-likeness (QED) is 0.728. The third-order valence-electron chi connectivity index (χ3n) is 2.42. The number of rotatable bonds is 5. The molecule has 0 atom stereocenters. The first kappa shape index (κ1) is 12.2. The van der Waals surface area contributed by atoms with Crippen molar-refractivity contribution in [1.29, 1.82) is 0 Å². The highest BCUT2D eigenvalue weighted by molar-refractivity contribution is 5.23. The molecule has 84 valence electrons. The molecule has 0 heterocycles. The molecular weight excluding hydrogens is 188 g/mol. The third-order valence-corrected chi connectivity index (χ3v) is 2.42. The largest absolute Gasteiger partial charge is 0.368 e. The second kappa shape index (κ2) is 5.89. The number of benzene rings is 1. The fourth-order valence-corrected chi connectivity index (χ4v) is 1.58. The molecule has 0 aliphatic carbocycles. The molecule has 2 heteroatoms. The summed E-state index contributed by atoms with van der Waals surface area (Å²) in [4.78, 5) is 0. The van der Waals surface area contributed by atoms with Gasteiger partial charge in [0.1, 0.15) is 0 Å². The van der Waals surface area contributed by atoms with Crippen molar-refractivity contribution >= 4 is 0 Å². The topological polar surface area (TPSA) is 40.5 Å². The molecule has 0 aliphatic rings. The van der Waals surface area contributed by atoms with Gasteiger partial charge in [-0.3, -0.25) is 0 Å². The van der Waals surface area contributed by atoms with Crippen molar-refractivity contribution in [2.75, 3.05) is 0 Å². The Kier molecular flexibility index (Phi) is 4.79. The molecule has 15 heavy (non-hydrogen) atoms. The lowest BCUT2D eigenvalue weighted by Gasteiger charge is -2.08. The molecule has 2 nitrogen and oxygen atoms in total. The van der Waals surface area contributed by atoms with Gasteiger partial charge in [-0.05, 0) is 29.9 Å². The van der Waals surface area contributed by atoms with E-state index in [-0.39, 0.29) is 0 Å². The molecule has 0 amide bonds. The SMILES string of the molecule is CC(C)CCc1cccc(CC(O)O)c1. The number of aryl methyl sites for hydroxylation is 1. The Balaban J connectivity index is 2.57. The fourth-order valence-electron chi connectivity index (χ4n) is 1.58. The molecule has 0 saturated heterocycles. The predicted molar refractivity (Wildman–Crippen MR) is 61.5 cm³/mol. The average molecular weight is 208 g/mol. The van der Waals surface area contributed by atoms with Gasteiger partial charge in [0.05, 0.1) is 0 Å². The molecule has 2 N–H and O–H groups in total. The summed E-state index contributed by atoms with van der Waals surface area (Å²) in [5.74, 6) is 0.706. The van der Waals surface area contributed by atoms with Gasteiger partial charge in [-0.15, -0.1) is 0 Å². The van der Waals surface area contributed by atoms with Crippen LogP contribution in [-0.2, 0) is 12.8 Å². The summed E-state index contributed by atoms with van der Waals surface area (Å²) in [6.45, 7) is 4.42. The van der Waals surface area contributed by atoms with Gasteiger partial charge < -0.3 is 10.2 Å². The van der Waals surface area contributed by atoms with Gasteiger partial charge in [0, 0.05) is 6.42 Å². The maximum atomic E-state index is 8.87. The minimum absolute atomic E-state index is 0.315. The number of hydrogen-bond donors (Lipinski definition) is 2. The molecule has 1 rings (SSSR count). The molecule has 0 aliphatic heterocycles. The summed E-state index contributed by atoms with van der Waals surface area (Å²) in [5, 5.41) is 17.7. The van der Waals surface area contributed by atoms with Crippen LogP contribution >= 0.6 is 0 Å². The van der Waals surface area contributed by atoms with Crippen LogP contribution in [0.15, 0.2) is 24.3 Å². The zero-order chi connectivity index (χ0) is 11.3. The van der Waals surface area contributed by atoms with Crippen LogP contribution in [0.3, 0.4) is 0 Å². The Morgan fingerprint density at radius 3 is 2.40 bits per heavy atom. The van der Waals surface area contributed by atoms with E-state index in [1.807, 2.05) is 12.1 Å². The molecule has 0 bridgehead atoms. The minimum Gasteiger partial charge on any atom is -0.368 e. The highest BCUT2D eigenvalue weighted by Crippen LogP contribution is 2.12. The lowest BCUT2D eigenvalue weighted by atomic mass is 10.0. The smallest absolute Gasteiger partial charge is 0.155 e. The summed E-state index contributed by atoms with van der Waals surface area (Å²) in [7, 11) is 0. The van der Waals surface area contributed by atoms with Gasteiger partial charge in [-0.25, -0.2) is 0 Å². The van der Waals surface area contributed by atoms with Crippen LogP contribution in [-0.4, -0.2) is 16.5 Å². The number of aliphatic hydroxyl groups is 2. The summed E-state index contributed by atoms with van der Waals surface area (Å²) in [6.07, 6.45) is 1.30. The Bertz CT molecular complexity index is 292. The molecule has 0 radical (unpaired) electrons. The maximum absolute atomic E-state index is 8.87. The van der Waals surface area contributed by atoms with E-state index >= 15 is 0 Å². The summed E-state index contributed by atoms with van der Waals surface area (Å²) < 4.78 is 0. The lowest BCUT2D eigenvalue weighted by Crippen LogP contribution is -2.08. The predicted octanol–water partition coefficient (Wildman–Crippen LogP) is 2.13. The number of aliphatic hydroxyl groups excluding tert-OH is 1. The van der Waals surface area contributed by atoms with Gasteiger partial charge in [0.15, 0.2) is 6.29 Å². The minimum atomic E-state index is -1.25. The lowest BCUT2D eigenvalue weighted by molar-refractivity contribution is -0.0381. The van der Waals surface area contributed by atoms with E-state index in [1.54, 1.807) is 0 Å². The van der Waals surface area contributed by atoms with Crippen molar-refractivity contribution in [3.63, 3.8) is 0 Å². The van der Waals surface area contributed by atoms with Crippen molar-refractivity contribution in [2.24, 2.45) is 5.92 Å². The second-order valence-electron chi connectivity index (χ2n) is 4.44. The van der Waals surface area contributed by atoms with Crippen LogP contribution < -0.4 is 0 Å². The molecule has 0 saturated carbocycles. The first-order valence-corrected chi connectivity index (χ1v) is 5.52. The van der Waals surface area contributed by atoms with Gasteiger partial charge in [0.25, 0.3) is 0 Å². The highest BCUT2D eigenvalue weighted by Gasteiger charge is 2.02. The molecule has 1 aromatic carbocycles. The van der Waals surface area contributed by atoms with E-state index in [0.717, 1.165) is 12.0 Å². The Morgan fingerprint density at radius 2 is 1.80 bits per heavy atom. The van der Waals surface area contributed by atoms with E-state index in [4.69, 9.17) is 10.2 Å². The molecule has 0 spiro atoms. The van der Waals surface area contributed by atoms with Crippen LogP contribution in [0.2, 0.25) is 0 Å². The van der Waals surface area contributed by atoms with E-state index in [9.17, 15) is 0 Å². The standard InChI is InChI=1S/C13H20O2/c1-10(2)6-7-11-4-3-5-12(8-11)9-13(14)15/h3-5,8,10,13-15H,6-7,9H2,1-2H3. The third kappa shape index (κ3) is 4.96. The van der Waals surface area contributed by atoms with Crippen LogP contribution in [0.1, 0.15) is 31.4 Å². The zero-order valence-electron chi connectivity index (χ0n) is 9.48. The Hall–Kier alpha value is -0.860. The highest BCUT2D eigenvalue weighted by atomic mass is 16.5. The van der Waals surface area contributed by atoms with Crippen molar-refractivity contribution in [2.45, 2.75) is 39.4 Å². The monoisotopic (exact) mass is 208 g/mol. The van der Waals surface area contributed by atoms with E-state index in [1.165, 1.54) is 12.0 Å². The second-order valence-corrected chi connectivity index (χ2v) is 4.44. The zero-order valence-corrected chi connectivity index (χ0v) is 9.48. The van der Waals surface area contributed by atoms with Crippen molar-refractivity contribution in [3.05, 3.63) is 35.4 Å². The molecule has 0 unspecified atom stereocenters. The molecule has 1 aromatic rings. The number of hydrogen-bond acceptors (Lipinski definition) is 2. The first-order valence-electron chi connectivity index (χ1n) is 5.52. The van der Waals surface area contributed by atoms with Gasteiger partial charge in [0.2, 0.25) is 0 Å².